The van der Waals surface area contributed by atoms with Crippen molar-refractivity contribution in [1.82, 2.24) is 9.88 Å². The Kier molecular flexibility index (Phi) is 4.86. The molecular formula is C18H24N2O3. The first-order valence-electron chi connectivity index (χ1n) is 8.20. The van der Waals surface area contributed by atoms with Gasteiger partial charge in [0.15, 0.2) is 0 Å². The SMILES string of the molecule is Cc1cc(C(=O)NC[C@@H]2CCCOC2)c(C)n1Cc1ccco1. The summed E-state index contributed by atoms with van der Waals surface area (Å²) in [5.41, 5.74) is 2.77. The summed E-state index contributed by atoms with van der Waals surface area (Å²) in [7, 11) is 0. The van der Waals surface area contributed by atoms with Crippen LogP contribution in [0.3, 0.4) is 0 Å². The van der Waals surface area contributed by atoms with Crippen molar-refractivity contribution in [2.24, 2.45) is 5.92 Å². The zero-order chi connectivity index (χ0) is 16.2. The molecule has 124 valence electrons. The Morgan fingerprint density at radius 3 is 3.00 bits per heavy atom. The highest BCUT2D eigenvalue weighted by Crippen LogP contribution is 2.18. The average molecular weight is 316 g/mol. The van der Waals surface area contributed by atoms with Crippen LogP contribution in [-0.2, 0) is 11.3 Å². The molecule has 1 fully saturated rings. The van der Waals surface area contributed by atoms with Gasteiger partial charge in [0, 0.05) is 24.5 Å². The molecule has 0 unspecified atom stereocenters. The molecule has 23 heavy (non-hydrogen) atoms. The van der Waals surface area contributed by atoms with E-state index in [1.165, 1.54) is 0 Å². The van der Waals surface area contributed by atoms with Gasteiger partial charge < -0.3 is 19.0 Å². The second kappa shape index (κ2) is 7.04. The molecule has 1 N–H and O–H groups in total. The Labute approximate surface area is 136 Å². The van der Waals surface area contributed by atoms with Crippen LogP contribution >= 0.6 is 0 Å². The number of aromatic nitrogens is 1. The third kappa shape index (κ3) is 3.67. The van der Waals surface area contributed by atoms with Crippen molar-refractivity contribution in [3.63, 3.8) is 0 Å². The van der Waals surface area contributed by atoms with Crippen LogP contribution in [0.4, 0.5) is 0 Å². The van der Waals surface area contributed by atoms with Gasteiger partial charge in [0.1, 0.15) is 5.76 Å². The maximum absolute atomic E-state index is 12.5. The Bertz CT molecular complexity index is 652. The number of furan rings is 1. The lowest BCUT2D eigenvalue weighted by atomic mass is 10.0. The number of hydrogen-bond donors (Lipinski definition) is 1. The zero-order valence-electron chi connectivity index (χ0n) is 13.8. The number of carbonyl (C=O) groups excluding carboxylic acids is 1. The molecular weight excluding hydrogens is 292 g/mol. The largest absolute Gasteiger partial charge is 0.467 e. The lowest BCUT2D eigenvalue weighted by molar-refractivity contribution is 0.0536. The summed E-state index contributed by atoms with van der Waals surface area (Å²) in [6.45, 7) is 6.92. The molecule has 3 rings (SSSR count). The molecule has 5 heteroatoms. The molecule has 0 spiro atoms. The Morgan fingerprint density at radius 1 is 1.43 bits per heavy atom. The Hall–Kier alpha value is -2.01. The van der Waals surface area contributed by atoms with E-state index in [2.05, 4.69) is 9.88 Å². The van der Waals surface area contributed by atoms with Gasteiger partial charge in [0.25, 0.3) is 5.91 Å². The smallest absolute Gasteiger partial charge is 0.253 e. The molecule has 3 heterocycles. The molecule has 0 radical (unpaired) electrons. The monoisotopic (exact) mass is 316 g/mol. The highest BCUT2D eigenvalue weighted by atomic mass is 16.5. The summed E-state index contributed by atoms with van der Waals surface area (Å²) >= 11 is 0. The number of ether oxygens (including phenoxy) is 1. The molecule has 2 aromatic heterocycles. The van der Waals surface area contributed by atoms with Crippen molar-refractivity contribution in [1.29, 1.82) is 0 Å². The molecule has 1 atom stereocenters. The first-order valence-corrected chi connectivity index (χ1v) is 8.20. The number of nitrogens with one attached hydrogen (secondary N) is 1. The van der Waals surface area contributed by atoms with Crippen LogP contribution in [0.2, 0.25) is 0 Å². The van der Waals surface area contributed by atoms with E-state index in [9.17, 15) is 4.79 Å². The van der Waals surface area contributed by atoms with Gasteiger partial charge in [-0.3, -0.25) is 4.79 Å². The van der Waals surface area contributed by atoms with E-state index in [4.69, 9.17) is 9.15 Å². The van der Waals surface area contributed by atoms with E-state index < -0.39 is 0 Å². The lowest BCUT2D eigenvalue weighted by Crippen LogP contribution is -2.33. The van der Waals surface area contributed by atoms with E-state index in [-0.39, 0.29) is 5.91 Å². The first kappa shape index (κ1) is 15.9. The van der Waals surface area contributed by atoms with Crippen molar-refractivity contribution in [3.8, 4) is 0 Å². The van der Waals surface area contributed by atoms with E-state index in [0.29, 0.717) is 19.0 Å². The molecule has 1 aliphatic heterocycles. The van der Waals surface area contributed by atoms with Gasteiger partial charge in [-0.1, -0.05) is 0 Å². The number of rotatable bonds is 5. The van der Waals surface area contributed by atoms with Crippen LogP contribution in [0, 0.1) is 19.8 Å². The first-order chi connectivity index (χ1) is 11.1. The number of amides is 1. The van der Waals surface area contributed by atoms with E-state index >= 15 is 0 Å². The minimum absolute atomic E-state index is 0.00521. The highest BCUT2D eigenvalue weighted by Gasteiger charge is 2.19. The summed E-state index contributed by atoms with van der Waals surface area (Å²) in [4.78, 5) is 12.5. The molecule has 0 aliphatic carbocycles. The van der Waals surface area contributed by atoms with Crippen molar-refractivity contribution in [2.75, 3.05) is 19.8 Å². The van der Waals surface area contributed by atoms with Gasteiger partial charge in [0.2, 0.25) is 0 Å². The van der Waals surface area contributed by atoms with Crippen LogP contribution in [0.5, 0.6) is 0 Å². The molecule has 0 bridgehead atoms. The lowest BCUT2D eigenvalue weighted by Gasteiger charge is -2.22. The quantitative estimate of drug-likeness (QED) is 0.923. The summed E-state index contributed by atoms with van der Waals surface area (Å²) in [6, 6.07) is 5.77. The fourth-order valence-corrected chi connectivity index (χ4v) is 3.13. The second-order valence-corrected chi connectivity index (χ2v) is 6.24. The van der Waals surface area contributed by atoms with E-state index in [1.807, 2.05) is 32.0 Å². The summed E-state index contributed by atoms with van der Waals surface area (Å²) in [5.74, 6) is 1.31. The van der Waals surface area contributed by atoms with Crippen molar-refractivity contribution in [2.45, 2.75) is 33.2 Å². The minimum Gasteiger partial charge on any atom is -0.467 e. The van der Waals surface area contributed by atoms with Crippen LogP contribution < -0.4 is 5.32 Å². The van der Waals surface area contributed by atoms with Crippen molar-refractivity contribution >= 4 is 5.91 Å². The van der Waals surface area contributed by atoms with Gasteiger partial charge in [0.05, 0.1) is 25.0 Å². The number of aryl methyl sites for hydroxylation is 1. The third-order valence-electron chi connectivity index (χ3n) is 4.52. The Balaban J connectivity index is 1.66. The maximum atomic E-state index is 12.5. The van der Waals surface area contributed by atoms with Gasteiger partial charge in [-0.25, -0.2) is 0 Å². The van der Waals surface area contributed by atoms with Crippen LogP contribution in [0.25, 0.3) is 0 Å². The third-order valence-corrected chi connectivity index (χ3v) is 4.52. The number of nitrogens with zero attached hydrogens (tertiary/aromatic N) is 1. The van der Waals surface area contributed by atoms with Gasteiger partial charge in [-0.05, 0) is 50.8 Å². The second-order valence-electron chi connectivity index (χ2n) is 6.24. The van der Waals surface area contributed by atoms with Crippen molar-refractivity contribution < 1.29 is 13.9 Å². The van der Waals surface area contributed by atoms with Crippen LogP contribution in [0.15, 0.2) is 28.9 Å². The molecule has 0 saturated carbocycles. The molecule has 2 aromatic rings. The van der Waals surface area contributed by atoms with E-state index in [0.717, 1.165) is 48.8 Å². The molecule has 1 amide bonds. The molecule has 5 nitrogen and oxygen atoms in total. The molecule has 1 saturated heterocycles. The number of carbonyl (C=O) groups is 1. The van der Waals surface area contributed by atoms with E-state index in [1.54, 1.807) is 6.26 Å². The fraction of sp³-hybridized carbons (Fsp3) is 0.500. The van der Waals surface area contributed by atoms with Crippen LogP contribution in [-0.4, -0.2) is 30.2 Å². The van der Waals surface area contributed by atoms with Gasteiger partial charge >= 0.3 is 0 Å². The van der Waals surface area contributed by atoms with Crippen molar-refractivity contribution in [3.05, 3.63) is 47.2 Å². The highest BCUT2D eigenvalue weighted by molar-refractivity contribution is 5.95. The standard InChI is InChI=1S/C18H24N2O3/c1-13-9-17(14(2)20(13)11-16-6-4-8-23-16)18(21)19-10-15-5-3-7-22-12-15/h4,6,8-9,15H,3,5,7,10-12H2,1-2H3,(H,19,21)/t15-/m0/s1. The summed E-state index contributed by atoms with van der Waals surface area (Å²) in [6.07, 6.45) is 3.87. The topological polar surface area (TPSA) is 56.4 Å². The van der Waals surface area contributed by atoms with Crippen LogP contribution in [0.1, 0.15) is 40.3 Å². The average Bonchev–Trinajstić information content (AvgIpc) is 3.17. The number of hydrogen-bond acceptors (Lipinski definition) is 3. The maximum Gasteiger partial charge on any atom is 0.253 e. The molecule has 0 aromatic carbocycles. The minimum atomic E-state index is -0.00521. The summed E-state index contributed by atoms with van der Waals surface area (Å²) in [5, 5.41) is 3.05. The van der Waals surface area contributed by atoms with Gasteiger partial charge in [-0.15, -0.1) is 0 Å². The fourth-order valence-electron chi connectivity index (χ4n) is 3.13. The Morgan fingerprint density at radius 2 is 2.30 bits per heavy atom. The summed E-state index contributed by atoms with van der Waals surface area (Å²) < 4.78 is 13.0. The normalized spacial score (nSPS) is 18.1. The van der Waals surface area contributed by atoms with Gasteiger partial charge in [-0.2, -0.15) is 0 Å². The zero-order valence-corrected chi connectivity index (χ0v) is 13.8. The predicted molar refractivity (Wildman–Crippen MR) is 87.6 cm³/mol. The predicted octanol–water partition coefficient (Wildman–Crippen LogP) is 2.90. The molecule has 1 aliphatic rings.